The number of aliphatic imine (C=N–C) groups is 3. The van der Waals surface area contributed by atoms with Gasteiger partial charge in [0, 0.05) is 69.3 Å². The van der Waals surface area contributed by atoms with Gasteiger partial charge in [-0.25, -0.2) is 6.21 Å². The van der Waals surface area contributed by atoms with E-state index in [1.54, 1.807) is 44.7 Å². The molecule has 7 nitrogen and oxygen atoms in total. The maximum atomic E-state index is 13.2. The zero-order chi connectivity index (χ0) is 92.3. The SMILES string of the molecule is CC(=Nc1ccccc1C(F)(F)F)c1ccc(CCC2C(C)C(C)C(C)C2C)[n-]1.CC1C(C)C(C)C(C)C1C.CC=[N-].Cc1ccccc1N=Cc1ccc[n-]1.Cc1ccccc1N=Cc1ccc[n-]1.[B]c1cc(C(F)(F)F)cc(C(F)(F)F)c1.[CH3-].[Cl][Fe+][Cl].[Cl][Ni+][Cl].[Fe].[Fe].[Fe].[Ni+3].c1ccc(C2C(c3ccccc3)C(c3ccccc3)C(c3ccccc3)C2c2ccccc2)cc1. The molecule has 709 valence electrons. The van der Waals surface area contributed by atoms with Crippen molar-refractivity contribution in [1.82, 2.24) is 15.0 Å². The topological polar surface area (TPSA) is 102 Å². The number of benzene rings is 9. The van der Waals surface area contributed by atoms with Gasteiger partial charge in [0.2, 0.25) is 0 Å². The van der Waals surface area contributed by atoms with Crippen molar-refractivity contribution >= 4 is 95.3 Å². The van der Waals surface area contributed by atoms with Crippen LogP contribution >= 0.6 is 40.6 Å². The van der Waals surface area contributed by atoms with Crippen molar-refractivity contribution < 1.29 is 133 Å². The fraction of sp³-hybridized carbons (Fsp3) is 0.317. The molecule has 3 aromatic heterocycles. The molecule has 0 spiro atoms. The molecule has 3 aliphatic carbocycles. The van der Waals surface area contributed by atoms with E-state index in [1.807, 2.05) is 98.8 Å². The standard InChI is InChI=1S/C35H30.C24H30F3N2.2C12H11N2.C10H20.C8H3BF6.C2H4N.CH3.4ClH.4Fe.2Ni/c1-6-16-26(17-7-1)31-32(27-18-8-2-9-19-27)34(29-22-12-4-13-23-29)35(30-24-14-5-15-25-30)33(31)28-20-10-3-11-21-28;1-14-15(2)17(4)20(16(14)3)12-10-19-11-13-22(29-19)18(5)28-23-9-7-6-8-21(23)24(25,26)27;2*1-10-5-2-3-7-12(10)14-9-11-6-4-8-13-11;1-6-7(2)9(4)10(5)8(6)3;9-6-2-4(7(10,11)12)1-5(3-6)8(13,14)15;1-2-3;;;;;;;;;;;/h1-25,31-35H;6-9,11,13-17,20H,10,12H2,1-5H3;2*2-9H,1H3;6-10H,1-5H3;1-3H;2H,1H3;1H3;4*1H;;;;;;/q;3*-1;;;2*-1;;;;;;;;3*+3/p-4. The Labute approximate surface area is 843 Å². The van der Waals surface area contributed by atoms with Crippen LogP contribution in [0.4, 0.5) is 56.6 Å². The summed E-state index contributed by atoms with van der Waals surface area (Å²) < 4.78 is 112. The molecule has 131 heavy (non-hydrogen) atoms. The van der Waals surface area contributed by atoms with Crippen LogP contribution in [0.1, 0.15) is 191 Å². The van der Waals surface area contributed by atoms with Crippen molar-refractivity contribution in [3.05, 3.63) is 383 Å². The maximum absolute atomic E-state index is 13.2. The molecule has 0 N–H and O–H groups in total. The number of halogens is 13. The van der Waals surface area contributed by atoms with Crippen LogP contribution in [0.2, 0.25) is 0 Å². The van der Waals surface area contributed by atoms with Gasteiger partial charge < -0.3 is 27.8 Å². The van der Waals surface area contributed by atoms with Gasteiger partial charge in [-0.1, -0.05) is 323 Å². The van der Waals surface area contributed by atoms with Crippen molar-refractivity contribution in [2.45, 2.75) is 151 Å². The fourth-order valence-corrected chi connectivity index (χ4v) is 17.3. The first-order valence-corrected chi connectivity index (χ1v) is 47.5. The molecule has 3 radical (unpaired) electrons. The Bertz CT molecular complexity index is 4780. The molecule has 9 aromatic carbocycles. The van der Waals surface area contributed by atoms with E-state index in [0.717, 1.165) is 95.0 Å². The van der Waals surface area contributed by atoms with E-state index in [9.17, 15) is 39.5 Å². The van der Waals surface area contributed by atoms with Gasteiger partial charge in [0.05, 0.1) is 33.8 Å². The van der Waals surface area contributed by atoms with Crippen LogP contribution in [0.3, 0.4) is 0 Å². The number of alkyl halides is 9. The number of para-hydroxylation sites is 3. The summed E-state index contributed by atoms with van der Waals surface area (Å²) in [5, 5.41) is 7.44. The van der Waals surface area contributed by atoms with Crippen LogP contribution in [0.25, 0.3) is 5.41 Å². The molecule has 15 rings (SSSR count). The van der Waals surface area contributed by atoms with Crippen LogP contribution in [-0.4, -0.2) is 32.2 Å². The van der Waals surface area contributed by atoms with Gasteiger partial charge in [-0.2, -0.15) is 57.6 Å². The zero-order valence-electron chi connectivity index (χ0n) is 75.2. The summed E-state index contributed by atoms with van der Waals surface area (Å²) in [5.74, 6) is 10.0. The van der Waals surface area contributed by atoms with E-state index in [0.29, 0.717) is 83.5 Å². The van der Waals surface area contributed by atoms with Crippen molar-refractivity contribution in [2.24, 2.45) is 74.2 Å². The minimum Gasteiger partial charge on any atom is -0.0622 e. The number of aryl methyl sites for hydroxylation is 3. The molecule has 0 bridgehead atoms. The second-order valence-electron chi connectivity index (χ2n) is 32.1. The van der Waals surface area contributed by atoms with Crippen molar-refractivity contribution in [2.75, 3.05) is 0 Å². The first kappa shape index (κ1) is 120. The third-order valence-corrected chi connectivity index (χ3v) is 24.8. The molecular weight excluding hydrogens is 2010 g/mol. The Morgan fingerprint density at radius 2 is 0.710 bits per heavy atom. The predicted molar refractivity (Wildman–Crippen MR) is 506 cm³/mol. The minimum atomic E-state index is -4.84. The molecular formula is C104H112BCl4F9Fe4N7Ni2. The predicted octanol–water partition coefficient (Wildman–Crippen LogP) is 30.8. The van der Waals surface area contributed by atoms with Gasteiger partial charge in [-0.3, -0.25) is 15.0 Å². The van der Waals surface area contributed by atoms with Crippen LogP contribution < -0.4 is 20.4 Å². The average Bonchev–Trinajstić information content (AvgIpc) is 1.57. The number of hydrogen-bond acceptors (Lipinski definition) is 3. The minimum absolute atomic E-state index is 0. The summed E-state index contributed by atoms with van der Waals surface area (Å²) in [7, 11) is 23.9. The first-order valence-electron chi connectivity index (χ1n) is 41.7. The Morgan fingerprint density at radius 3 is 0.992 bits per heavy atom. The largest absolute Gasteiger partial charge is 3.00 e. The smallest absolute Gasteiger partial charge is 0.0622 e. The van der Waals surface area contributed by atoms with Gasteiger partial charge in [-0.15, -0.1) is 17.1 Å². The van der Waals surface area contributed by atoms with Gasteiger partial charge in [0.25, 0.3) is 0 Å². The van der Waals surface area contributed by atoms with E-state index in [-0.39, 0.29) is 100 Å². The molecule has 3 fully saturated rings. The molecule has 4 unspecified atom stereocenters. The molecule has 12 aromatic rings. The Balaban J connectivity index is 0.000000544. The molecule has 27 heteroatoms. The number of hydrogen-bond donors (Lipinski definition) is 0. The molecule has 0 aliphatic heterocycles. The second kappa shape index (κ2) is 60.6. The second-order valence-corrected chi connectivity index (χ2v) is 35.5. The number of nitrogens with zero attached hydrogens (tertiary/aromatic N) is 7. The Hall–Kier alpha value is -6.84. The van der Waals surface area contributed by atoms with E-state index in [2.05, 4.69) is 244 Å². The monoisotopic (exact) mass is 2120 g/mol. The summed E-state index contributed by atoms with van der Waals surface area (Å²) in [6.45, 7) is 28.8. The van der Waals surface area contributed by atoms with Crippen LogP contribution in [0.15, 0.2) is 306 Å². The fourth-order valence-electron chi connectivity index (χ4n) is 17.3. The summed E-state index contributed by atoms with van der Waals surface area (Å²) in [6.07, 6.45) is -4.02. The molecule has 0 amide bonds. The van der Waals surface area contributed by atoms with E-state index in [1.165, 1.54) is 51.1 Å². The van der Waals surface area contributed by atoms with Gasteiger partial charge >= 0.3 is 101 Å². The molecule has 4 atom stereocenters. The quantitative estimate of drug-likeness (QED) is 0.0469. The van der Waals surface area contributed by atoms with E-state index in [4.69, 9.17) is 53.8 Å². The Morgan fingerprint density at radius 1 is 0.427 bits per heavy atom. The van der Waals surface area contributed by atoms with Crippen LogP contribution in [0.5, 0.6) is 0 Å². The van der Waals surface area contributed by atoms with Crippen molar-refractivity contribution in [1.29, 1.82) is 0 Å². The third-order valence-electron chi connectivity index (χ3n) is 24.8. The van der Waals surface area contributed by atoms with E-state index >= 15 is 0 Å². The van der Waals surface area contributed by atoms with Crippen LogP contribution in [-0.2, 0) is 118 Å². The van der Waals surface area contributed by atoms with Gasteiger partial charge in [0.15, 0.2) is 0 Å². The summed E-state index contributed by atoms with van der Waals surface area (Å²) in [5.41, 5.74) is 11.2. The van der Waals surface area contributed by atoms with Gasteiger partial charge in [0.1, 0.15) is 7.85 Å². The van der Waals surface area contributed by atoms with Crippen LogP contribution in [0, 0.1) is 80.5 Å². The normalized spacial score (nSPS) is 21.0. The van der Waals surface area contributed by atoms with E-state index < -0.39 is 40.7 Å². The molecule has 0 saturated heterocycles. The molecule has 3 aliphatic rings. The van der Waals surface area contributed by atoms with Gasteiger partial charge in [-0.05, 0) is 192 Å². The third kappa shape index (κ3) is 36.6. The summed E-state index contributed by atoms with van der Waals surface area (Å²) >= 11 is 0.764. The Kier molecular flexibility index (Phi) is 55.6. The summed E-state index contributed by atoms with van der Waals surface area (Å²) in [6, 6.07) is 90.0. The number of rotatable bonds is 14. The zero-order valence-corrected chi connectivity index (χ0v) is 84.6. The maximum Gasteiger partial charge on any atom is 3.00 e. The average molecular weight is 2120 g/mol. The molecule has 3 heterocycles. The first-order chi connectivity index (χ1) is 60.1. The van der Waals surface area contributed by atoms with Crippen molar-refractivity contribution in [3.63, 3.8) is 0 Å². The van der Waals surface area contributed by atoms with Crippen molar-refractivity contribution in [3.8, 4) is 0 Å². The number of aromatic nitrogens is 3. The molecule has 3 saturated carbocycles. The summed E-state index contributed by atoms with van der Waals surface area (Å²) in [4.78, 5) is 25.8.